The third kappa shape index (κ3) is 5.55. The number of para-hydroxylation sites is 1. The predicted molar refractivity (Wildman–Crippen MR) is 135 cm³/mol. The number of carboxylic acids is 1. The molecule has 0 aliphatic rings. The number of aromatic nitrogens is 1. The summed E-state index contributed by atoms with van der Waals surface area (Å²) in [6.45, 7) is 2.06. The Labute approximate surface area is 207 Å². The fourth-order valence-electron chi connectivity index (χ4n) is 4.09. The van der Waals surface area contributed by atoms with Gasteiger partial charge in [-0.3, -0.25) is 4.79 Å². The molecule has 7 nitrogen and oxygen atoms in total. The summed E-state index contributed by atoms with van der Waals surface area (Å²) in [6.07, 6.45) is 3.00. The van der Waals surface area contributed by atoms with Crippen molar-refractivity contribution < 1.29 is 28.9 Å². The molecule has 1 heterocycles. The van der Waals surface area contributed by atoms with E-state index < -0.39 is 23.7 Å². The number of aliphatic hydroxyl groups excluding tert-OH is 1. The molecule has 0 saturated heterocycles. The van der Waals surface area contributed by atoms with Gasteiger partial charge in [0.25, 0.3) is 5.91 Å². The number of carboxylic acid groups (broad SMARTS) is 1. The van der Waals surface area contributed by atoms with E-state index >= 15 is 0 Å². The number of halogens is 1. The van der Waals surface area contributed by atoms with Gasteiger partial charge in [-0.1, -0.05) is 31.2 Å². The second-order valence-corrected chi connectivity index (χ2v) is 8.51. The predicted octanol–water partition coefficient (Wildman–Crippen LogP) is 4.79. The summed E-state index contributed by atoms with van der Waals surface area (Å²) in [5.41, 5.74) is 2.72. The average molecular weight is 491 g/mol. The van der Waals surface area contributed by atoms with Crippen molar-refractivity contribution in [3.63, 3.8) is 0 Å². The molecule has 4 rings (SSSR count). The highest BCUT2D eigenvalue weighted by molar-refractivity contribution is 5.99. The van der Waals surface area contributed by atoms with Crippen LogP contribution in [0.2, 0.25) is 0 Å². The molecule has 186 valence electrons. The second-order valence-electron chi connectivity index (χ2n) is 8.51. The lowest BCUT2D eigenvalue weighted by Crippen LogP contribution is -2.39. The Morgan fingerprint density at radius 3 is 2.64 bits per heavy atom. The summed E-state index contributed by atoms with van der Waals surface area (Å²) in [4.78, 5) is 27.9. The number of rotatable bonds is 10. The first-order chi connectivity index (χ1) is 17.4. The lowest BCUT2D eigenvalue weighted by molar-refractivity contribution is 0.0696. The zero-order valence-corrected chi connectivity index (χ0v) is 19.8. The molecule has 4 N–H and O–H groups in total. The molecule has 0 radical (unpaired) electrons. The Kier molecular flexibility index (Phi) is 7.65. The molecule has 8 heteroatoms. The number of aromatic carboxylic acids is 1. The Hall–Kier alpha value is -4.17. The van der Waals surface area contributed by atoms with Crippen molar-refractivity contribution in [3.05, 3.63) is 89.4 Å². The van der Waals surface area contributed by atoms with E-state index in [0.717, 1.165) is 29.0 Å². The molecular weight excluding hydrogens is 463 g/mol. The van der Waals surface area contributed by atoms with Crippen molar-refractivity contribution in [2.75, 3.05) is 13.2 Å². The summed E-state index contributed by atoms with van der Waals surface area (Å²) in [6, 6.07) is 15.5. The first-order valence-corrected chi connectivity index (χ1v) is 11.7. The van der Waals surface area contributed by atoms with Gasteiger partial charge in [-0.05, 0) is 65.9 Å². The number of fused-ring (bicyclic) bond motifs is 1. The van der Waals surface area contributed by atoms with Crippen LogP contribution in [0.1, 0.15) is 39.6 Å². The number of hydrogen-bond acceptors (Lipinski definition) is 4. The van der Waals surface area contributed by atoms with E-state index in [2.05, 4.69) is 10.3 Å². The van der Waals surface area contributed by atoms with Gasteiger partial charge >= 0.3 is 5.97 Å². The quantitative estimate of drug-likeness (QED) is 0.255. The summed E-state index contributed by atoms with van der Waals surface area (Å²) >= 11 is 0. The number of nitrogens with one attached hydrogen (secondary N) is 2. The molecule has 1 atom stereocenters. The molecule has 36 heavy (non-hydrogen) atoms. The topological polar surface area (TPSA) is 112 Å². The number of H-pyrrole nitrogens is 1. The molecule has 0 spiro atoms. The molecule has 1 amide bonds. The standard InChI is InChI=1S/C28H27FN2O5/c1-2-9-36-26-8-7-17(18-10-19(28(34)35)12-21(29)11-18)14-24(26)27(33)31-22(16-32)13-20-15-30-25-6-4-3-5-23(20)25/h3-8,10-12,14-15,22,30,32H,2,9,13,16H2,1H3,(H,31,33)(H,34,35)/t22-/m1/s1. The normalized spacial score (nSPS) is 11.9. The molecule has 4 aromatic rings. The average Bonchev–Trinajstić information content (AvgIpc) is 3.29. The summed E-state index contributed by atoms with van der Waals surface area (Å²) in [5, 5.41) is 23.2. The summed E-state index contributed by atoms with van der Waals surface area (Å²) < 4.78 is 19.9. The highest BCUT2D eigenvalue weighted by atomic mass is 19.1. The Bertz CT molecular complexity index is 1400. The largest absolute Gasteiger partial charge is 0.493 e. The molecule has 0 fully saturated rings. The van der Waals surface area contributed by atoms with Crippen LogP contribution in [0, 0.1) is 5.82 Å². The number of benzene rings is 3. The monoisotopic (exact) mass is 490 g/mol. The van der Waals surface area contributed by atoms with E-state index in [1.807, 2.05) is 37.4 Å². The number of ether oxygens (including phenoxy) is 1. The summed E-state index contributed by atoms with van der Waals surface area (Å²) in [5.74, 6) is -2.06. The Morgan fingerprint density at radius 2 is 1.89 bits per heavy atom. The molecule has 0 unspecified atom stereocenters. The van der Waals surface area contributed by atoms with E-state index in [-0.39, 0.29) is 17.7 Å². The van der Waals surface area contributed by atoms with E-state index in [1.165, 1.54) is 12.1 Å². The van der Waals surface area contributed by atoms with Gasteiger partial charge in [-0.2, -0.15) is 0 Å². The van der Waals surface area contributed by atoms with Crippen molar-refractivity contribution >= 4 is 22.8 Å². The maximum absolute atomic E-state index is 14.1. The van der Waals surface area contributed by atoms with Crippen LogP contribution in [-0.2, 0) is 6.42 Å². The van der Waals surface area contributed by atoms with Gasteiger partial charge in [0, 0.05) is 17.1 Å². The van der Waals surface area contributed by atoms with Gasteiger partial charge in [0.1, 0.15) is 11.6 Å². The minimum Gasteiger partial charge on any atom is -0.493 e. The number of amides is 1. The van der Waals surface area contributed by atoms with E-state index in [9.17, 15) is 24.2 Å². The third-order valence-corrected chi connectivity index (χ3v) is 5.86. The van der Waals surface area contributed by atoms with Crippen LogP contribution in [0.3, 0.4) is 0 Å². The van der Waals surface area contributed by atoms with Crippen LogP contribution in [0.4, 0.5) is 4.39 Å². The van der Waals surface area contributed by atoms with Crippen molar-refractivity contribution in [2.24, 2.45) is 0 Å². The third-order valence-electron chi connectivity index (χ3n) is 5.86. The number of carbonyl (C=O) groups is 2. The van der Waals surface area contributed by atoms with Crippen molar-refractivity contribution in [1.82, 2.24) is 10.3 Å². The molecule has 0 saturated carbocycles. The van der Waals surface area contributed by atoms with Crippen LogP contribution in [0.25, 0.3) is 22.0 Å². The molecule has 0 aliphatic carbocycles. The van der Waals surface area contributed by atoms with E-state index in [1.54, 1.807) is 18.2 Å². The van der Waals surface area contributed by atoms with Gasteiger partial charge in [0.15, 0.2) is 0 Å². The minimum absolute atomic E-state index is 0.193. The van der Waals surface area contributed by atoms with Crippen molar-refractivity contribution in [3.8, 4) is 16.9 Å². The van der Waals surface area contributed by atoms with Crippen LogP contribution in [0.15, 0.2) is 66.9 Å². The zero-order chi connectivity index (χ0) is 25.7. The SMILES string of the molecule is CCCOc1ccc(-c2cc(F)cc(C(=O)O)c2)cc1C(=O)N[C@@H](CO)Cc1c[nH]c2ccccc12. The number of carbonyl (C=O) groups excluding carboxylic acids is 1. The smallest absolute Gasteiger partial charge is 0.335 e. The minimum atomic E-state index is -1.25. The highest BCUT2D eigenvalue weighted by Gasteiger charge is 2.20. The summed E-state index contributed by atoms with van der Waals surface area (Å²) in [7, 11) is 0. The molecular formula is C28H27FN2O5. The van der Waals surface area contributed by atoms with Gasteiger partial charge < -0.3 is 25.3 Å². The lowest BCUT2D eigenvalue weighted by atomic mass is 9.99. The zero-order valence-electron chi connectivity index (χ0n) is 19.8. The lowest BCUT2D eigenvalue weighted by Gasteiger charge is -2.18. The molecule has 0 aliphatic heterocycles. The van der Waals surface area contributed by atoms with Gasteiger partial charge in [-0.25, -0.2) is 9.18 Å². The molecule has 1 aromatic heterocycles. The van der Waals surface area contributed by atoms with Gasteiger partial charge in [0.05, 0.1) is 30.4 Å². The second kappa shape index (κ2) is 11.0. The number of hydrogen-bond donors (Lipinski definition) is 4. The van der Waals surface area contributed by atoms with Crippen LogP contribution >= 0.6 is 0 Å². The van der Waals surface area contributed by atoms with Crippen LogP contribution in [0.5, 0.6) is 5.75 Å². The van der Waals surface area contributed by atoms with Crippen molar-refractivity contribution in [1.29, 1.82) is 0 Å². The fourth-order valence-corrected chi connectivity index (χ4v) is 4.09. The Morgan fingerprint density at radius 1 is 1.08 bits per heavy atom. The van der Waals surface area contributed by atoms with Gasteiger partial charge in [-0.15, -0.1) is 0 Å². The number of aliphatic hydroxyl groups is 1. The van der Waals surface area contributed by atoms with Crippen LogP contribution < -0.4 is 10.1 Å². The van der Waals surface area contributed by atoms with E-state index in [0.29, 0.717) is 29.9 Å². The molecule has 3 aromatic carbocycles. The van der Waals surface area contributed by atoms with E-state index in [4.69, 9.17) is 4.74 Å². The highest BCUT2D eigenvalue weighted by Crippen LogP contribution is 2.29. The fraction of sp³-hybridized carbons (Fsp3) is 0.214. The molecule has 0 bridgehead atoms. The van der Waals surface area contributed by atoms with Crippen LogP contribution in [-0.4, -0.2) is 46.3 Å². The number of aromatic amines is 1. The van der Waals surface area contributed by atoms with Gasteiger partial charge in [0.2, 0.25) is 0 Å². The maximum Gasteiger partial charge on any atom is 0.335 e. The Balaban J connectivity index is 1.63. The first-order valence-electron chi connectivity index (χ1n) is 11.7. The van der Waals surface area contributed by atoms with Crippen molar-refractivity contribution in [2.45, 2.75) is 25.8 Å². The maximum atomic E-state index is 14.1. The first kappa shape index (κ1) is 24.9.